The molecule has 2 aromatic heterocycles. The molecule has 0 radical (unpaired) electrons. The third-order valence-corrected chi connectivity index (χ3v) is 3.75. The normalized spacial score (nSPS) is 10.8. The zero-order valence-corrected chi connectivity index (χ0v) is 13.6. The highest BCUT2D eigenvalue weighted by Gasteiger charge is 2.15. The number of anilines is 2. The van der Waals surface area contributed by atoms with Crippen molar-refractivity contribution in [3.05, 3.63) is 35.8 Å². The summed E-state index contributed by atoms with van der Waals surface area (Å²) in [5, 5.41) is 7.67. The fourth-order valence-electron chi connectivity index (χ4n) is 2.58. The lowest BCUT2D eigenvalue weighted by molar-refractivity contribution is 0.405. The van der Waals surface area contributed by atoms with E-state index in [2.05, 4.69) is 27.3 Å². The molecule has 0 atom stereocenters. The van der Waals surface area contributed by atoms with Crippen LogP contribution in [0.1, 0.15) is 18.2 Å². The summed E-state index contributed by atoms with van der Waals surface area (Å²) in [6, 6.07) is 5.60. The lowest BCUT2D eigenvalue weighted by Gasteiger charge is -2.16. The van der Waals surface area contributed by atoms with E-state index in [0.29, 0.717) is 5.78 Å². The number of hydrogen-bond acceptors (Lipinski definition) is 6. The van der Waals surface area contributed by atoms with Gasteiger partial charge in [0.1, 0.15) is 23.6 Å². The molecule has 0 bridgehead atoms. The number of fused-ring (bicyclic) bond motifs is 1. The average molecular weight is 313 g/mol. The average Bonchev–Trinajstić information content (AvgIpc) is 3.03. The zero-order chi connectivity index (χ0) is 16.4. The smallest absolute Gasteiger partial charge is 0.254 e. The summed E-state index contributed by atoms with van der Waals surface area (Å²) in [6.45, 7) is 4.06. The minimum Gasteiger partial charge on any atom is -0.497 e. The van der Waals surface area contributed by atoms with Crippen LogP contribution in [0, 0.1) is 6.92 Å². The van der Waals surface area contributed by atoms with Crippen LogP contribution < -0.4 is 14.8 Å². The first-order chi connectivity index (χ1) is 11.2. The Bertz CT molecular complexity index is 844. The number of aromatic nitrogens is 4. The van der Waals surface area contributed by atoms with E-state index < -0.39 is 0 Å². The van der Waals surface area contributed by atoms with Crippen LogP contribution in [0.15, 0.2) is 24.5 Å². The van der Waals surface area contributed by atoms with Crippen LogP contribution in [0.3, 0.4) is 0 Å². The Morgan fingerprint density at radius 2 is 2.04 bits per heavy atom. The van der Waals surface area contributed by atoms with Crippen LogP contribution in [-0.4, -0.2) is 33.8 Å². The molecule has 0 fully saturated rings. The number of nitrogens with zero attached hydrogens (tertiary/aromatic N) is 4. The quantitative estimate of drug-likeness (QED) is 0.781. The highest BCUT2D eigenvalue weighted by atomic mass is 16.5. The molecule has 23 heavy (non-hydrogen) atoms. The number of nitrogens with one attached hydrogen (secondary N) is 1. The molecule has 0 aliphatic carbocycles. The molecule has 2 heterocycles. The summed E-state index contributed by atoms with van der Waals surface area (Å²) in [5.74, 6) is 2.85. The van der Waals surface area contributed by atoms with E-state index >= 15 is 0 Å². The molecule has 7 nitrogen and oxygen atoms in total. The zero-order valence-electron chi connectivity index (χ0n) is 13.6. The lowest BCUT2D eigenvalue weighted by atomic mass is 10.1. The lowest BCUT2D eigenvalue weighted by Crippen LogP contribution is -2.09. The second-order valence-electron chi connectivity index (χ2n) is 5.04. The molecule has 0 saturated heterocycles. The van der Waals surface area contributed by atoms with E-state index in [9.17, 15) is 0 Å². The van der Waals surface area contributed by atoms with E-state index in [1.54, 1.807) is 18.7 Å². The summed E-state index contributed by atoms with van der Waals surface area (Å²) in [7, 11) is 3.27. The Hall–Kier alpha value is -2.83. The van der Waals surface area contributed by atoms with E-state index in [4.69, 9.17) is 9.47 Å². The SMILES string of the molecule is CCc1c(C)nc2ncnn2c1Nc1cc(OC)ccc1OC. The van der Waals surface area contributed by atoms with Crippen molar-refractivity contribution in [1.29, 1.82) is 0 Å². The molecular formula is C16H19N5O2. The maximum Gasteiger partial charge on any atom is 0.254 e. The fraction of sp³-hybridized carbons (Fsp3) is 0.312. The molecule has 0 amide bonds. The van der Waals surface area contributed by atoms with Crippen molar-refractivity contribution >= 4 is 17.3 Å². The highest BCUT2D eigenvalue weighted by molar-refractivity contribution is 5.69. The van der Waals surface area contributed by atoms with Gasteiger partial charge in [-0.3, -0.25) is 0 Å². The first-order valence-corrected chi connectivity index (χ1v) is 7.36. The standard InChI is InChI=1S/C16H19N5O2/c1-5-12-10(2)19-16-17-9-18-21(16)15(12)20-13-8-11(22-3)6-7-14(13)23-4/h6-9,20H,5H2,1-4H3. The number of hydrogen-bond donors (Lipinski definition) is 1. The fourth-order valence-corrected chi connectivity index (χ4v) is 2.58. The first-order valence-electron chi connectivity index (χ1n) is 7.36. The van der Waals surface area contributed by atoms with Crippen LogP contribution >= 0.6 is 0 Å². The number of ether oxygens (including phenoxy) is 2. The Morgan fingerprint density at radius 3 is 2.74 bits per heavy atom. The Kier molecular flexibility index (Phi) is 4.01. The Morgan fingerprint density at radius 1 is 1.22 bits per heavy atom. The predicted octanol–water partition coefficient (Wildman–Crippen LogP) is 2.76. The first kappa shape index (κ1) is 15.1. The Balaban J connectivity index is 2.16. The van der Waals surface area contributed by atoms with Crippen LogP contribution in [0.4, 0.5) is 11.5 Å². The summed E-state index contributed by atoms with van der Waals surface area (Å²) in [5.41, 5.74) is 2.80. The van der Waals surface area contributed by atoms with Gasteiger partial charge >= 0.3 is 0 Å². The summed E-state index contributed by atoms with van der Waals surface area (Å²) in [4.78, 5) is 8.66. The Labute approximate surface area is 134 Å². The largest absolute Gasteiger partial charge is 0.497 e. The van der Waals surface area contributed by atoms with Gasteiger partial charge in [0.05, 0.1) is 19.9 Å². The molecule has 0 aliphatic rings. The molecule has 1 aromatic carbocycles. The second kappa shape index (κ2) is 6.12. The summed E-state index contributed by atoms with van der Waals surface area (Å²) in [6.07, 6.45) is 2.32. The molecule has 3 aromatic rings. The molecule has 0 aliphatic heterocycles. The molecule has 120 valence electrons. The van der Waals surface area contributed by atoms with Crippen molar-refractivity contribution in [2.24, 2.45) is 0 Å². The van der Waals surface area contributed by atoms with Crippen LogP contribution in [-0.2, 0) is 6.42 Å². The molecule has 0 unspecified atom stereocenters. The number of methoxy groups -OCH3 is 2. The molecule has 3 rings (SSSR count). The maximum atomic E-state index is 5.44. The number of aryl methyl sites for hydroxylation is 1. The van der Waals surface area contributed by atoms with Crippen molar-refractivity contribution < 1.29 is 9.47 Å². The summed E-state index contributed by atoms with van der Waals surface area (Å²) < 4.78 is 12.4. The van der Waals surface area contributed by atoms with Crippen molar-refractivity contribution in [1.82, 2.24) is 19.6 Å². The van der Waals surface area contributed by atoms with Gasteiger partial charge in [0.15, 0.2) is 0 Å². The van der Waals surface area contributed by atoms with Crippen molar-refractivity contribution in [2.45, 2.75) is 20.3 Å². The van der Waals surface area contributed by atoms with Gasteiger partial charge < -0.3 is 14.8 Å². The number of benzene rings is 1. The topological polar surface area (TPSA) is 73.6 Å². The van der Waals surface area contributed by atoms with Crippen LogP contribution in [0.5, 0.6) is 11.5 Å². The van der Waals surface area contributed by atoms with Crippen LogP contribution in [0.25, 0.3) is 5.78 Å². The van der Waals surface area contributed by atoms with Gasteiger partial charge in [0, 0.05) is 17.3 Å². The third-order valence-electron chi connectivity index (χ3n) is 3.75. The van der Waals surface area contributed by atoms with Gasteiger partial charge in [-0.05, 0) is 25.5 Å². The van der Waals surface area contributed by atoms with E-state index in [1.807, 2.05) is 25.1 Å². The van der Waals surface area contributed by atoms with E-state index in [1.165, 1.54) is 6.33 Å². The van der Waals surface area contributed by atoms with E-state index in [0.717, 1.165) is 40.7 Å². The molecule has 7 heteroatoms. The third kappa shape index (κ3) is 2.65. The number of rotatable bonds is 5. The van der Waals surface area contributed by atoms with Gasteiger partial charge in [-0.15, -0.1) is 0 Å². The highest BCUT2D eigenvalue weighted by Crippen LogP contribution is 2.33. The molecule has 0 saturated carbocycles. The van der Waals surface area contributed by atoms with Gasteiger partial charge in [0.2, 0.25) is 0 Å². The minimum atomic E-state index is 0.559. The van der Waals surface area contributed by atoms with Crippen molar-refractivity contribution in [3.8, 4) is 11.5 Å². The minimum absolute atomic E-state index is 0.559. The second-order valence-corrected chi connectivity index (χ2v) is 5.04. The van der Waals surface area contributed by atoms with Gasteiger partial charge in [-0.1, -0.05) is 6.92 Å². The van der Waals surface area contributed by atoms with Gasteiger partial charge in [-0.2, -0.15) is 14.6 Å². The van der Waals surface area contributed by atoms with Crippen molar-refractivity contribution in [2.75, 3.05) is 19.5 Å². The monoisotopic (exact) mass is 313 g/mol. The van der Waals surface area contributed by atoms with Crippen LogP contribution in [0.2, 0.25) is 0 Å². The van der Waals surface area contributed by atoms with Gasteiger partial charge in [-0.25, -0.2) is 4.98 Å². The summed E-state index contributed by atoms with van der Waals surface area (Å²) >= 11 is 0. The van der Waals surface area contributed by atoms with E-state index in [-0.39, 0.29) is 0 Å². The molecule has 0 spiro atoms. The maximum absolute atomic E-state index is 5.44. The molecular weight excluding hydrogens is 294 g/mol. The molecule has 1 N–H and O–H groups in total. The van der Waals surface area contributed by atoms with Crippen molar-refractivity contribution in [3.63, 3.8) is 0 Å². The predicted molar refractivity (Wildman–Crippen MR) is 87.7 cm³/mol. The van der Waals surface area contributed by atoms with Gasteiger partial charge in [0.25, 0.3) is 5.78 Å².